The molecule has 4 heterocycles. The summed E-state index contributed by atoms with van der Waals surface area (Å²) < 4.78 is 55.8. The number of oxazole rings is 1. The summed E-state index contributed by atoms with van der Waals surface area (Å²) in [5.41, 5.74) is 1.31. The van der Waals surface area contributed by atoms with E-state index < -0.39 is 25.1 Å². The zero-order chi connectivity index (χ0) is 17.7. The molecule has 0 aromatic carbocycles. The molecule has 2 aromatic heterocycles. The van der Waals surface area contributed by atoms with Crippen LogP contribution in [0.1, 0.15) is 17.9 Å². The zero-order valence-corrected chi connectivity index (χ0v) is 15.0. The number of hydrogen-bond acceptors (Lipinski definition) is 7. The maximum absolute atomic E-state index is 12.8. The Labute approximate surface area is 145 Å². The van der Waals surface area contributed by atoms with Crippen molar-refractivity contribution in [1.82, 2.24) is 14.3 Å². The molecule has 0 radical (unpaired) electrons. The molecule has 2 aliphatic rings. The Morgan fingerprint density at radius 2 is 2.16 bits per heavy atom. The van der Waals surface area contributed by atoms with Crippen LogP contribution >= 0.6 is 0 Å². The summed E-state index contributed by atoms with van der Waals surface area (Å²) in [6.07, 6.45) is 3.86. The van der Waals surface area contributed by atoms with Crippen LogP contribution in [0.3, 0.4) is 0 Å². The Hall–Kier alpha value is -1.78. The molecule has 8 nitrogen and oxygen atoms in total. The first-order valence-corrected chi connectivity index (χ1v) is 11.3. The fraction of sp³-hybridized carbons (Fsp3) is 0.467. The highest BCUT2D eigenvalue weighted by atomic mass is 32.2. The van der Waals surface area contributed by atoms with Crippen LogP contribution in [0.5, 0.6) is 0 Å². The average molecular weight is 383 g/mol. The molecule has 0 bridgehead atoms. The molecule has 0 spiro atoms. The lowest BCUT2D eigenvalue weighted by Gasteiger charge is -2.27. The van der Waals surface area contributed by atoms with Crippen LogP contribution < -0.4 is 0 Å². The van der Waals surface area contributed by atoms with Gasteiger partial charge < -0.3 is 4.42 Å². The molecular formula is C15H17N3O5S2. The molecule has 10 heteroatoms. The van der Waals surface area contributed by atoms with Gasteiger partial charge in [0.2, 0.25) is 15.9 Å². The molecule has 2 aromatic rings. The van der Waals surface area contributed by atoms with E-state index in [0.29, 0.717) is 23.8 Å². The fourth-order valence-electron chi connectivity index (χ4n) is 3.21. The Morgan fingerprint density at radius 1 is 1.32 bits per heavy atom. The maximum Gasteiger partial charge on any atom is 0.228 e. The van der Waals surface area contributed by atoms with Gasteiger partial charge in [0.05, 0.1) is 34.6 Å². The highest BCUT2D eigenvalue weighted by molar-refractivity contribution is 7.95. The molecule has 0 amide bonds. The number of pyridine rings is 1. The van der Waals surface area contributed by atoms with Gasteiger partial charge in [0.15, 0.2) is 9.84 Å². The van der Waals surface area contributed by atoms with Gasteiger partial charge in [-0.1, -0.05) is 0 Å². The summed E-state index contributed by atoms with van der Waals surface area (Å²) in [4.78, 5) is 8.43. The van der Waals surface area contributed by atoms with Crippen LogP contribution in [0, 0.1) is 0 Å². The van der Waals surface area contributed by atoms with Crippen LogP contribution in [0.25, 0.3) is 11.5 Å². The summed E-state index contributed by atoms with van der Waals surface area (Å²) in [5.74, 6) is 0.730. The number of rotatable bonds is 3. The summed E-state index contributed by atoms with van der Waals surface area (Å²) in [6, 6.07) is 3.60. The third kappa shape index (κ3) is 3.09. The predicted octanol–water partition coefficient (Wildman–Crippen LogP) is 0.612. The van der Waals surface area contributed by atoms with Gasteiger partial charge in [-0.15, -0.1) is 0 Å². The van der Waals surface area contributed by atoms with Gasteiger partial charge >= 0.3 is 0 Å². The lowest BCUT2D eigenvalue weighted by Crippen LogP contribution is -2.42. The number of fused-ring (bicyclic) bond motifs is 1. The van der Waals surface area contributed by atoms with E-state index in [1.165, 1.54) is 4.31 Å². The van der Waals surface area contributed by atoms with Gasteiger partial charge in [-0.05, 0) is 18.6 Å². The van der Waals surface area contributed by atoms with Gasteiger partial charge in [-0.2, -0.15) is 4.31 Å². The van der Waals surface area contributed by atoms with Crippen molar-refractivity contribution in [3.63, 3.8) is 0 Å². The molecule has 1 unspecified atom stereocenters. The van der Waals surface area contributed by atoms with Crippen molar-refractivity contribution in [2.24, 2.45) is 0 Å². The Balaban J connectivity index is 1.58. The number of nitrogens with zero attached hydrogens (tertiary/aromatic N) is 3. The highest BCUT2D eigenvalue weighted by Crippen LogP contribution is 2.29. The first kappa shape index (κ1) is 16.7. The second-order valence-electron chi connectivity index (χ2n) is 6.28. The smallest absolute Gasteiger partial charge is 0.228 e. The highest BCUT2D eigenvalue weighted by Gasteiger charge is 2.42. The second-order valence-corrected chi connectivity index (χ2v) is 10.7. The standard InChI is InChI=1S/C15H17N3O5S2/c19-24(20)7-4-12(10-24)25(21,22)18-6-3-14-13(9-18)17-15(23-14)11-2-1-5-16-8-11/h1-2,5,8,12H,3-4,6-7,9-10H2. The topological polar surface area (TPSA) is 110 Å². The van der Waals surface area contributed by atoms with E-state index in [1.807, 2.05) is 6.07 Å². The van der Waals surface area contributed by atoms with E-state index in [0.717, 1.165) is 5.56 Å². The summed E-state index contributed by atoms with van der Waals surface area (Å²) in [6.45, 7) is 0.380. The molecule has 1 atom stereocenters. The van der Waals surface area contributed by atoms with Crippen molar-refractivity contribution in [3.05, 3.63) is 36.0 Å². The second kappa shape index (κ2) is 5.89. The van der Waals surface area contributed by atoms with Crippen molar-refractivity contribution in [2.45, 2.75) is 24.6 Å². The molecule has 1 saturated heterocycles. The SMILES string of the molecule is O=S1(=O)CCC(S(=O)(=O)N2CCc3oc(-c4cccnc4)nc3C2)C1. The Bertz CT molecular complexity index is 999. The normalized spacial score (nSPS) is 23.4. The van der Waals surface area contributed by atoms with Gasteiger partial charge in [0, 0.05) is 25.4 Å². The number of sulfone groups is 1. The van der Waals surface area contributed by atoms with Gasteiger partial charge in [-0.25, -0.2) is 21.8 Å². The van der Waals surface area contributed by atoms with Gasteiger partial charge in [0.25, 0.3) is 0 Å². The van der Waals surface area contributed by atoms with E-state index >= 15 is 0 Å². The Morgan fingerprint density at radius 3 is 2.84 bits per heavy atom. The molecule has 0 N–H and O–H groups in total. The molecule has 0 aliphatic carbocycles. The van der Waals surface area contributed by atoms with Crippen molar-refractivity contribution in [2.75, 3.05) is 18.1 Å². The lowest BCUT2D eigenvalue weighted by molar-refractivity contribution is 0.358. The molecule has 0 saturated carbocycles. The first-order chi connectivity index (χ1) is 11.9. The molecular weight excluding hydrogens is 366 g/mol. The van der Waals surface area contributed by atoms with E-state index in [1.54, 1.807) is 18.5 Å². The van der Waals surface area contributed by atoms with Crippen molar-refractivity contribution in [1.29, 1.82) is 0 Å². The first-order valence-electron chi connectivity index (χ1n) is 7.93. The fourth-order valence-corrected chi connectivity index (χ4v) is 7.70. The maximum atomic E-state index is 12.8. The molecule has 1 fully saturated rings. The minimum absolute atomic E-state index is 0.0644. The molecule has 134 valence electrons. The monoisotopic (exact) mass is 383 g/mol. The van der Waals surface area contributed by atoms with Crippen LogP contribution in [-0.2, 0) is 32.8 Å². The number of sulfonamides is 1. The molecule has 25 heavy (non-hydrogen) atoms. The van der Waals surface area contributed by atoms with E-state index in [9.17, 15) is 16.8 Å². The minimum atomic E-state index is -3.67. The zero-order valence-electron chi connectivity index (χ0n) is 13.3. The predicted molar refractivity (Wildman–Crippen MR) is 89.8 cm³/mol. The van der Waals surface area contributed by atoms with E-state index in [2.05, 4.69) is 9.97 Å². The summed E-state index contributed by atoms with van der Waals surface area (Å²) in [7, 11) is -6.93. The van der Waals surface area contributed by atoms with Crippen LogP contribution in [0.15, 0.2) is 28.9 Å². The minimum Gasteiger partial charge on any atom is -0.441 e. The number of hydrogen-bond donors (Lipinski definition) is 0. The van der Waals surface area contributed by atoms with Crippen LogP contribution in [-0.4, -0.2) is 54.4 Å². The molecule has 2 aliphatic heterocycles. The Kier molecular flexibility index (Phi) is 3.93. The largest absolute Gasteiger partial charge is 0.441 e. The van der Waals surface area contributed by atoms with Crippen LogP contribution in [0.4, 0.5) is 0 Å². The van der Waals surface area contributed by atoms with Crippen molar-refractivity contribution < 1.29 is 21.3 Å². The average Bonchev–Trinajstić information content (AvgIpc) is 3.18. The third-order valence-electron chi connectivity index (χ3n) is 4.57. The summed E-state index contributed by atoms with van der Waals surface area (Å²) >= 11 is 0. The lowest BCUT2D eigenvalue weighted by atomic mass is 10.2. The quantitative estimate of drug-likeness (QED) is 0.763. The van der Waals surface area contributed by atoms with Crippen LogP contribution in [0.2, 0.25) is 0 Å². The molecule has 4 rings (SSSR count). The van der Waals surface area contributed by atoms with E-state index in [-0.39, 0.29) is 31.0 Å². The van der Waals surface area contributed by atoms with Gasteiger partial charge in [-0.3, -0.25) is 4.98 Å². The number of aromatic nitrogens is 2. The van der Waals surface area contributed by atoms with Crippen molar-refractivity contribution in [3.8, 4) is 11.5 Å². The van der Waals surface area contributed by atoms with Gasteiger partial charge in [0.1, 0.15) is 5.76 Å². The van der Waals surface area contributed by atoms with Crippen molar-refractivity contribution >= 4 is 19.9 Å². The summed E-state index contributed by atoms with van der Waals surface area (Å²) in [5, 5.41) is -0.858. The van der Waals surface area contributed by atoms with E-state index in [4.69, 9.17) is 4.42 Å². The third-order valence-corrected chi connectivity index (χ3v) is 8.83.